The Hall–Kier alpha value is -1.76. The summed E-state index contributed by atoms with van der Waals surface area (Å²) in [7, 11) is 0. The van der Waals surface area contributed by atoms with Gasteiger partial charge in [-0.1, -0.05) is 17.7 Å². The molecule has 21 heavy (non-hydrogen) atoms. The standard InChI is InChI=1S/C14H14ClN3O2S/c15-9-6-11-13(18-14(19)17-11)12(7-9)20-4-3-16-8-10-2-1-5-21-10/h1-2,5-7,16H,3-4,8H2,(H2,17,18,19). The minimum atomic E-state index is -0.270. The smallest absolute Gasteiger partial charge is 0.323 e. The molecular formula is C14H14ClN3O2S. The number of hydrogen-bond donors (Lipinski definition) is 3. The predicted molar refractivity (Wildman–Crippen MR) is 85.5 cm³/mol. The van der Waals surface area contributed by atoms with Crippen molar-refractivity contribution in [3.8, 4) is 5.75 Å². The van der Waals surface area contributed by atoms with Crippen LogP contribution >= 0.6 is 22.9 Å². The lowest BCUT2D eigenvalue weighted by atomic mass is 10.3. The van der Waals surface area contributed by atoms with E-state index in [0.29, 0.717) is 35.0 Å². The second-order valence-corrected chi connectivity index (χ2v) is 5.98. The molecular weight excluding hydrogens is 310 g/mol. The summed E-state index contributed by atoms with van der Waals surface area (Å²) in [5.41, 5.74) is 1.02. The van der Waals surface area contributed by atoms with Gasteiger partial charge >= 0.3 is 5.69 Å². The first-order valence-electron chi connectivity index (χ1n) is 6.50. The molecule has 7 heteroatoms. The predicted octanol–water partition coefficient (Wildman–Crippen LogP) is 2.74. The normalized spacial score (nSPS) is 11.1. The summed E-state index contributed by atoms with van der Waals surface area (Å²) >= 11 is 7.73. The number of fused-ring (bicyclic) bond motifs is 1. The molecule has 0 amide bonds. The monoisotopic (exact) mass is 323 g/mol. The third kappa shape index (κ3) is 3.47. The van der Waals surface area contributed by atoms with Crippen LogP contribution in [0.4, 0.5) is 0 Å². The van der Waals surface area contributed by atoms with E-state index >= 15 is 0 Å². The molecule has 0 aliphatic heterocycles. The number of halogens is 1. The highest BCUT2D eigenvalue weighted by Gasteiger charge is 2.07. The van der Waals surface area contributed by atoms with E-state index in [-0.39, 0.29) is 5.69 Å². The van der Waals surface area contributed by atoms with Crippen LogP contribution in [0.5, 0.6) is 5.75 Å². The maximum atomic E-state index is 11.3. The van der Waals surface area contributed by atoms with Gasteiger partial charge in [-0.3, -0.25) is 0 Å². The quantitative estimate of drug-likeness (QED) is 0.611. The molecule has 5 nitrogen and oxygen atoms in total. The molecule has 1 aromatic carbocycles. The van der Waals surface area contributed by atoms with Crippen LogP contribution in [0, 0.1) is 0 Å². The van der Waals surface area contributed by atoms with E-state index in [4.69, 9.17) is 16.3 Å². The van der Waals surface area contributed by atoms with Gasteiger partial charge in [0.1, 0.15) is 17.9 Å². The zero-order chi connectivity index (χ0) is 14.7. The van der Waals surface area contributed by atoms with Gasteiger partial charge in [-0.15, -0.1) is 11.3 Å². The Labute approximate surface area is 129 Å². The van der Waals surface area contributed by atoms with Crippen molar-refractivity contribution in [3.05, 3.63) is 50.0 Å². The van der Waals surface area contributed by atoms with E-state index in [9.17, 15) is 4.79 Å². The summed E-state index contributed by atoms with van der Waals surface area (Å²) in [4.78, 5) is 18.0. The molecule has 2 aromatic heterocycles. The van der Waals surface area contributed by atoms with E-state index in [1.54, 1.807) is 23.5 Å². The van der Waals surface area contributed by atoms with Crippen molar-refractivity contribution in [2.24, 2.45) is 0 Å². The molecule has 0 bridgehead atoms. The molecule has 3 N–H and O–H groups in total. The Bertz CT molecular complexity index is 779. The van der Waals surface area contributed by atoms with E-state index in [1.165, 1.54) is 4.88 Å². The maximum Gasteiger partial charge on any atom is 0.323 e. The zero-order valence-electron chi connectivity index (χ0n) is 11.1. The summed E-state index contributed by atoms with van der Waals surface area (Å²) in [5.74, 6) is 0.578. The van der Waals surface area contributed by atoms with Crippen molar-refractivity contribution in [3.63, 3.8) is 0 Å². The van der Waals surface area contributed by atoms with Gasteiger partial charge in [0.15, 0.2) is 0 Å². The molecule has 0 radical (unpaired) electrons. The van der Waals surface area contributed by atoms with Crippen LogP contribution in [-0.4, -0.2) is 23.1 Å². The molecule has 0 spiro atoms. The van der Waals surface area contributed by atoms with Gasteiger partial charge in [0.2, 0.25) is 0 Å². The van der Waals surface area contributed by atoms with E-state index in [0.717, 1.165) is 6.54 Å². The number of imidazole rings is 1. The fraction of sp³-hybridized carbons (Fsp3) is 0.214. The number of rotatable bonds is 6. The van der Waals surface area contributed by atoms with Crippen LogP contribution in [0.15, 0.2) is 34.4 Å². The number of nitrogens with one attached hydrogen (secondary N) is 3. The highest BCUT2D eigenvalue weighted by molar-refractivity contribution is 7.09. The lowest BCUT2D eigenvalue weighted by molar-refractivity contribution is 0.317. The average Bonchev–Trinajstić information content (AvgIpc) is 3.06. The van der Waals surface area contributed by atoms with Gasteiger partial charge in [-0.25, -0.2) is 4.79 Å². The van der Waals surface area contributed by atoms with Crippen LogP contribution in [0.25, 0.3) is 11.0 Å². The van der Waals surface area contributed by atoms with E-state index in [1.807, 2.05) is 6.07 Å². The number of thiophene rings is 1. The number of benzene rings is 1. The Balaban J connectivity index is 1.58. The van der Waals surface area contributed by atoms with Crippen LogP contribution in [-0.2, 0) is 6.54 Å². The topological polar surface area (TPSA) is 69.9 Å². The molecule has 0 saturated carbocycles. The minimum absolute atomic E-state index is 0.270. The van der Waals surface area contributed by atoms with Crippen LogP contribution in [0.1, 0.15) is 4.88 Å². The number of aromatic nitrogens is 2. The molecule has 2 heterocycles. The zero-order valence-corrected chi connectivity index (χ0v) is 12.7. The molecule has 0 atom stereocenters. The fourth-order valence-corrected chi connectivity index (χ4v) is 2.93. The van der Waals surface area contributed by atoms with Crippen molar-refractivity contribution < 1.29 is 4.74 Å². The highest BCUT2D eigenvalue weighted by Crippen LogP contribution is 2.26. The van der Waals surface area contributed by atoms with E-state index < -0.39 is 0 Å². The average molecular weight is 324 g/mol. The largest absolute Gasteiger partial charge is 0.490 e. The molecule has 3 aromatic rings. The molecule has 0 aliphatic carbocycles. The van der Waals surface area contributed by atoms with Crippen LogP contribution < -0.4 is 15.7 Å². The van der Waals surface area contributed by atoms with Gasteiger partial charge < -0.3 is 20.0 Å². The fourth-order valence-electron chi connectivity index (χ4n) is 2.05. The van der Waals surface area contributed by atoms with Gasteiger partial charge in [-0.05, 0) is 17.5 Å². The summed E-state index contributed by atoms with van der Waals surface area (Å²) in [6.07, 6.45) is 0. The molecule has 110 valence electrons. The molecule has 0 saturated heterocycles. The summed E-state index contributed by atoms with van der Waals surface area (Å²) in [5, 5.41) is 5.88. The van der Waals surface area contributed by atoms with Gasteiger partial charge in [-0.2, -0.15) is 0 Å². The first kappa shape index (κ1) is 14.2. The van der Waals surface area contributed by atoms with Crippen molar-refractivity contribution in [1.82, 2.24) is 15.3 Å². The molecule has 0 unspecified atom stereocenters. The maximum absolute atomic E-state index is 11.3. The highest BCUT2D eigenvalue weighted by atomic mass is 35.5. The van der Waals surface area contributed by atoms with Crippen LogP contribution in [0.3, 0.4) is 0 Å². The lowest BCUT2D eigenvalue weighted by Crippen LogP contribution is -2.20. The summed E-state index contributed by atoms with van der Waals surface area (Å²) in [6, 6.07) is 7.51. The Kier molecular flexibility index (Phi) is 4.28. The molecule has 0 fully saturated rings. The van der Waals surface area contributed by atoms with Crippen molar-refractivity contribution in [1.29, 1.82) is 0 Å². The Morgan fingerprint density at radius 1 is 1.33 bits per heavy atom. The number of ether oxygens (including phenoxy) is 1. The first-order chi connectivity index (χ1) is 10.2. The van der Waals surface area contributed by atoms with Gasteiger partial charge in [0, 0.05) is 29.1 Å². The van der Waals surface area contributed by atoms with Crippen molar-refractivity contribution in [2.45, 2.75) is 6.54 Å². The minimum Gasteiger partial charge on any atom is -0.490 e. The molecule has 0 aliphatic rings. The van der Waals surface area contributed by atoms with Crippen LogP contribution in [0.2, 0.25) is 5.02 Å². The summed E-state index contributed by atoms with van der Waals surface area (Å²) < 4.78 is 5.70. The summed E-state index contributed by atoms with van der Waals surface area (Å²) in [6.45, 7) is 2.03. The molecule has 3 rings (SSSR count). The Morgan fingerprint density at radius 2 is 2.24 bits per heavy atom. The first-order valence-corrected chi connectivity index (χ1v) is 7.75. The SMILES string of the molecule is O=c1[nH]c2cc(Cl)cc(OCCNCc3cccs3)c2[nH]1. The second-order valence-electron chi connectivity index (χ2n) is 4.51. The van der Waals surface area contributed by atoms with Crippen molar-refractivity contribution in [2.75, 3.05) is 13.2 Å². The third-order valence-corrected chi connectivity index (χ3v) is 4.06. The number of hydrogen-bond acceptors (Lipinski definition) is 4. The Morgan fingerprint density at radius 3 is 3.05 bits per heavy atom. The lowest BCUT2D eigenvalue weighted by Gasteiger charge is -2.08. The second kappa shape index (κ2) is 6.34. The number of aromatic amines is 2. The van der Waals surface area contributed by atoms with Crippen molar-refractivity contribution >= 4 is 34.0 Å². The van der Waals surface area contributed by atoms with E-state index in [2.05, 4.69) is 26.7 Å². The third-order valence-electron chi connectivity index (χ3n) is 2.97. The van der Waals surface area contributed by atoms with Gasteiger partial charge in [0.25, 0.3) is 0 Å². The number of H-pyrrole nitrogens is 2. The van der Waals surface area contributed by atoms with Gasteiger partial charge in [0.05, 0.1) is 5.52 Å².